The van der Waals surface area contributed by atoms with E-state index in [4.69, 9.17) is 0 Å². The lowest BCUT2D eigenvalue weighted by Gasteiger charge is -2.31. The quantitative estimate of drug-likeness (QED) is 0.795. The fourth-order valence-corrected chi connectivity index (χ4v) is 3.28. The molecule has 1 saturated carbocycles. The third-order valence-electron chi connectivity index (χ3n) is 3.64. The van der Waals surface area contributed by atoms with Crippen molar-refractivity contribution in [2.24, 2.45) is 11.3 Å². The molecule has 0 amide bonds. The van der Waals surface area contributed by atoms with Gasteiger partial charge < -0.3 is 5.32 Å². The predicted octanol–water partition coefficient (Wildman–Crippen LogP) is 3.70. The molecule has 0 spiro atoms. The van der Waals surface area contributed by atoms with Crippen LogP contribution in [-0.2, 0) is 6.42 Å². The van der Waals surface area contributed by atoms with E-state index in [1.165, 1.54) is 19.3 Å². The number of hydrogen-bond donors (Lipinski definition) is 1. The van der Waals surface area contributed by atoms with Crippen molar-refractivity contribution in [1.29, 1.82) is 0 Å². The molecule has 90 valence electrons. The Balaban J connectivity index is 1.97. The summed E-state index contributed by atoms with van der Waals surface area (Å²) in [5.41, 5.74) is 0.467. The summed E-state index contributed by atoms with van der Waals surface area (Å²) in [6.07, 6.45) is 4.11. The third kappa shape index (κ3) is 3.08. The molecule has 0 bridgehead atoms. The molecule has 2 rings (SSSR count). The van der Waals surface area contributed by atoms with E-state index in [0.29, 0.717) is 11.5 Å². The molecule has 1 aliphatic rings. The highest BCUT2D eigenvalue weighted by molar-refractivity contribution is 7.09. The van der Waals surface area contributed by atoms with Gasteiger partial charge in [0.15, 0.2) is 0 Å². The fourth-order valence-electron chi connectivity index (χ4n) is 2.38. The summed E-state index contributed by atoms with van der Waals surface area (Å²) in [5, 5.41) is 5.82. The predicted molar refractivity (Wildman–Crippen MR) is 72.0 cm³/mol. The third-order valence-corrected chi connectivity index (χ3v) is 4.51. The maximum atomic E-state index is 3.62. The Hall–Kier alpha value is -0.340. The van der Waals surface area contributed by atoms with Crippen molar-refractivity contribution in [3.8, 4) is 0 Å². The van der Waals surface area contributed by atoms with Crippen molar-refractivity contribution in [2.75, 3.05) is 6.54 Å². The van der Waals surface area contributed by atoms with Gasteiger partial charge in [-0.3, -0.25) is 0 Å². The molecule has 1 N–H and O–H groups in total. The first kappa shape index (κ1) is 12.1. The van der Waals surface area contributed by atoms with Crippen molar-refractivity contribution >= 4 is 11.3 Å². The molecule has 0 radical (unpaired) electrons. The van der Waals surface area contributed by atoms with Gasteiger partial charge in [0, 0.05) is 17.5 Å². The summed E-state index contributed by atoms with van der Waals surface area (Å²) in [6.45, 7) is 8.09. The van der Waals surface area contributed by atoms with Gasteiger partial charge in [0.1, 0.15) is 0 Å². The van der Waals surface area contributed by atoms with Crippen LogP contribution in [0.25, 0.3) is 0 Å². The van der Waals surface area contributed by atoms with Gasteiger partial charge in [0.05, 0.1) is 0 Å². The molecule has 1 fully saturated rings. The van der Waals surface area contributed by atoms with E-state index in [0.717, 1.165) is 12.5 Å². The molecule has 1 aromatic rings. The van der Waals surface area contributed by atoms with E-state index < -0.39 is 0 Å². The van der Waals surface area contributed by atoms with Crippen molar-refractivity contribution in [2.45, 2.75) is 46.1 Å². The lowest BCUT2D eigenvalue weighted by molar-refractivity contribution is 0.250. The van der Waals surface area contributed by atoms with Crippen LogP contribution in [-0.4, -0.2) is 12.6 Å². The Labute approximate surface area is 103 Å². The van der Waals surface area contributed by atoms with Gasteiger partial charge in [-0.05, 0) is 42.0 Å². The zero-order chi connectivity index (χ0) is 11.6. The van der Waals surface area contributed by atoms with E-state index in [-0.39, 0.29) is 0 Å². The van der Waals surface area contributed by atoms with Gasteiger partial charge in [-0.1, -0.05) is 26.8 Å². The van der Waals surface area contributed by atoms with Crippen LogP contribution in [0.3, 0.4) is 0 Å². The smallest absolute Gasteiger partial charge is 0.00512 e. The highest BCUT2D eigenvalue weighted by atomic mass is 32.1. The monoisotopic (exact) mass is 237 g/mol. The van der Waals surface area contributed by atoms with Crippen LogP contribution in [0.15, 0.2) is 17.5 Å². The van der Waals surface area contributed by atoms with Crippen LogP contribution in [0.1, 0.15) is 38.5 Å². The van der Waals surface area contributed by atoms with Crippen molar-refractivity contribution in [1.82, 2.24) is 5.32 Å². The molecular formula is C14H23NS. The molecule has 2 heteroatoms. The summed E-state index contributed by atoms with van der Waals surface area (Å²) in [4.78, 5) is 1.54. The molecule has 1 unspecified atom stereocenters. The van der Waals surface area contributed by atoms with Crippen LogP contribution >= 0.6 is 11.3 Å². The SMILES string of the molecule is CC(C)NCC(C)(Cc1cccs1)C1CC1. The second kappa shape index (κ2) is 4.89. The lowest BCUT2D eigenvalue weighted by Crippen LogP contribution is -2.38. The molecular weight excluding hydrogens is 214 g/mol. The van der Waals surface area contributed by atoms with E-state index >= 15 is 0 Å². The zero-order valence-corrected chi connectivity index (χ0v) is 11.4. The molecule has 0 aliphatic heterocycles. The van der Waals surface area contributed by atoms with E-state index in [2.05, 4.69) is 43.6 Å². The van der Waals surface area contributed by atoms with Crippen molar-refractivity contribution in [3.63, 3.8) is 0 Å². The minimum absolute atomic E-state index is 0.467. The molecule has 0 aromatic carbocycles. The normalized spacial score (nSPS) is 20.0. The molecule has 1 atom stereocenters. The van der Waals surface area contributed by atoms with Crippen LogP contribution < -0.4 is 5.32 Å². The summed E-state index contributed by atoms with van der Waals surface area (Å²) in [6, 6.07) is 5.05. The summed E-state index contributed by atoms with van der Waals surface area (Å²) >= 11 is 1.90. The Kier molecular flexibility index (Phi) is 3.70. The summed E-state index contributed by atoms with van der Waals surface area (Å²) < 4.78 is 0. The maximum absolute atomic E-state index is 3.62. The Bertz CT molecular complexity index is 313. The standard InChI is InChI=1S/C14H23NS/c1-11(2)15-10-14(3,12-6-7-12)9-13-5-4-8-16-13/h4-5,8,11-12,15H,6-7,9-10H2,1-3H3. The highest BCUT2D eigenvalue weighted by Crippen LogP contribution is 2.47. The van der Waals surface area contributed by atoms with E-state index in [9.17, 15) is 0 Å². The van der Waals surface area contributed by atoms with Gasteiger partial charge in [0.25, 0.3) is 0 Å². The first-order chi connectivity index (χ1) is 7.60. The molecule has 16 heavy (non-hydrogen) atoms. The molecule has 0 saturated heterocycles. The van der Waals surface area contributed by atoms with Crippen LogP contribution in [0.2, 0.25) is 0 Å². The first-order valence-corrected chi connectivity index (χ1v) is 7.24. The minimum atomic E-state index is 0.467. The van der Waals surface area contributed by atoms with Gasteiger partial charge >= 0.3 is 0 Å². The van der Waals surface area contributed by atoms with Gasteiger partial charge in [-0.25, -0.2) is 0 Å². The Morgan fingerprint density at radius 2 is 2.25 bits per heavy atom. The molecule has 1 aliphatic carbocycles. The van der Waals surface area contributed by atoms with Gasteiger partial charge in [-0.15, -0.1) is 11.3 Å². The Morgan fingerprint density at radius 3 is 2.75 bits per heavy atom. The fraction of sp³-hybridized carbons (Fsp3) is 0.714. The van der Waals surface area contributed by atoms with Gasteiger partial charge in [-0.2, -0.15) is 0 Å². The van der Waals surface area contributed by atoms with Crippen molar-refractivity contribution in [3.05, 3.63) is 22.4 Å². The lowest BCUT2D eigenvalue weighted by atomic mass is 9.80. The summed E-state index contributed by atoms with van der Waals surface area (Å²) in [5.74, 6) is 0.945. The second-order valence-electron chi connectivity index (χ2n) is 5.72. The van der Waals surface area contributed by atoms with E-state index in [1.54, 1.807) is 4.88 Å². The van der Waals surface area contributed by atoms with E-state index in [1.807, 2.05) is 11.3 Å². The average Bonchev–Trinajstić information content (AvgIpc) is 2.98. The average molecular weight is 237 g/mol. The highest BCUT2D eigenvalue weighted by Gasteiger charge is 2.41. The number of nitrogens with one attached hydrogen (secondary N) is 1. The Morgan fingerprint density at radius 1 is 1.50 bits per heavy atom. The van der Waals surface area contributed by atoms with Crippen molar-refractivity contribution < 1.29 is 0 Å². The zero-order valence-electron chi connectivity index (χ0n) is 10.6. The second-order valence-corrected chi connectivity index (χ2v) is 6.75. The number of thiophene rings is 1. The maximum Gasteiger partial charge on any atom is 0.00512 e. The van der Waals surface area contributed by atoms with Crippen LogP contribution in [0.5, 0.6) is 0 Å². The van der Waals surface area contributed by atoms with Gasteiger partial charge in [0.2, 0.25) is 0 Å². The molecule has 1 heterocycles. The molecule has 1 nitrogen and oxygen atoms in total. The van der Waals surface area contributed by atoms with Crippen LogP contribution in [0.4, 0.5) is 0 Å². The largest absolute Gasteiger partial charge is 0.314 e. The number of hydrogen-bond acceptors (Lipinski definition) is 2. The first-order valence-electron chi connectivity index (χ1n) is 6.36. The van der Waals surface area contributed by atoms with Crippen LogP contribution in [0, 0.1) is 11.3 Å². The minimum Gasteiger partial charge on any atom is -0.314 e. The number of rotatable bonds is 6. The molecule has 1 aromatic heterocycles. The topological polar surface area (TPSA) is 12.0 Å². The summed E-state index contributed by atoms with van der Waals surface area (Å²) in [7, 11) is 0.